The summed E-state index contributed by atoms with van der Waals surface area (Å²) in [7, 11) is 3.29. The fourth-order valence-electron chi connectivity index (χ4n) is 6.05. The summed E-state index contributed by atoms with van der Waals surface area (Å²) in [5.74, 6) is 0.812. The number of nitrogens with zero attached hydrogens (tertiary/aromatic N) is 1. The highest BCUT2D eigenvalue weighted by atomic mass is 19.1. The summed E-state index contributed by atoms with van der Waals surface area (Å²) in [6.45, 7) is 2.69. The number of likely N-dealkylation sites (N-methyl/N-ethyl adjacent to an activating group) is 1. The fourth-order valence-corrected chi connectivity index (χ4v) is 6.05. The summed E-state index contributed by atoms with van der Waals surface area (Å²) >= 11 is 0. The van der Waals surface area contributed by atoms with Crippen molar-refractivity contribution in [3.05, 3.63) is 35.6 Å². The number of piperidine rings is 1. The van der Waals surface area contributed by atoms with Crippen LogP contribution in [0.15, 0.2) is 24.3 Å². The molecule has 1 saturated heterocycles. The van der Waals surface area contributed by atoms with Crippen molar-refractivity contribution in [3.8, 4) is 0 Å². The third-order valence-electron chi connectivity index (χ3n) is 7.86. The van der Waals surface area contributed by atoms with Gasteiger partial charge in [0.25, 0.3) is 0 Å². The fraction of sp³-hybridized carbons (Fsp3) is 0.714. The van der Waals surface area contributed by atoms with Crippen LogP contribution in [0.3, 0.4) is 0 Å². The zero-order valence-corrected chi connectivity index (χ0v) is 22.1. The number of hydrogen-bond donors (Lipinski definition) is 3. The van der Waals surface area contributed by atoms with Crippen molar-refractivity contribution in [2.75, 3.05) is 40.3 Å². The van der Waals surface area contributed by atoms with Crippen LogP contribution in [0.25, 0.3) is 0 Å². The van der Waals surface area contributed by atoms with Crippen molar-refractivity contribution in [1.82, 2.24) is 20.9 Å². The smallest absolute Gasteiger partial charge is 0.406 e. The van der Waals surface area contributed by atoms with E-state index in [4.69, 9.17) is 0 Å². The molecule has 0 bridgehead atoms. The lowest BCUT2D eigenvalue weighted by Crippen LogP contribution is -2.51. The first-order chi connectivity index (χ1) is 17.5. The van der Waals surface area contributed by atoms with Gasteiger partial charge in [0.1, 0.15) is 5.82 Å². The summed E-state index contributed by atoms with van der Waals surface area (Å²) in [5.41, 5.74) is 0.964. The molecular weight excluding hydrogens is 459 g/mol. The first-order valence-corrected chi connectivity index (χ1v) is 13.8. The van der Waals surface area contributed by atoms with Crippen LogP contribution < -0.4 is 16.0 Å². The number of methoxy groups -OCH3 is 1. The van der Waals surface area contributed by atoms with Crippen molar-refractivity contribution < 1.29 is 18.7 Å². The molecular formula is C28H45FN4O3. The van der Waals surface area contributed by atoms with Crippen molar-refractivity contribution in [2.45, 2.75) is 76.2 Å². The number of ether oxygens (including phenoxy) is 1. The molecule has 3 N–H and O–H groups in total. The Kier molecular flexibility index (Phi) is 11.8. The molecule has 3 amide bonds. The Morgan fingerprint density at radius 1 is 1.17 bits per heavy atom. The number of urea groups is 1. The van der Waals surface area contributed by atoms with Crippen molar-refractivity contribution >= 4 is 12.1 Å². The van der Waals surface area contributed by atoms with E-state index in [1.165, 1.54) is 45.3 Å². The van der Waals surface area contributed by atoms with Gasteiger partial charge in [0.15, 0.2) is 0 Å². The minimum Gasteiger partial charge on any atom is -0.453 e. The van der Waals surface area contributed by atoms with Gasteiger partial charge in [0.2, 0.25) is 0 Å². The van der Waals surface area contributed by atoms with Gasteiger partial charge < -0.3 is 25.6 Å². The molecule has 3 atom stereocenters. The molecule has 202 valence electrons. The third-order valence-corrected chi connectivity index (χ3v) is 7.86. The van der Waals surface area contributed by atoms with Crippen LogP contribution in [0, 0.1) is 17.7 Å². The zero-order chi connectivity index (χ0) is 25.8. The van der Waals surface area contributed by atoms with E-state index >= 15 is 0 Å². The lowest BCUT2D eigenvalue weighted by atomic mass is 9.78. The number of nitrogens with one attached hydrogen (secondary N) is 3. The van der Waals surface area contributed by atoms with Crippen LogP contribution in [-0.4, -0.2) is 63.4 Å². The summed E-state index contributed by atoms with van der Waals surface area (Å²) < 4.78 is 18.7. The van der Waals surface area contributed by atoms with Gasteiger partial charge in [0, 0.05) is 32.2 Å². The van der Waals surface area contributed by atoms with E-state index in [1.807, 2.05) is 18.0 Å². The summed E-state index contributed by atoms with van der Waals surface area (Å²) in [6, 6.07) is 6.97. The van der Waals surface area contributed by atoms with Crippen molar-refractivity contribution in [3.63, 3.8) is 0 Å². The molecule has 7 nitrogen and oxygen atoms in total. The average molecular weight is 505 g/mol. The van der Waals surface area contributed by atoms with Crippen LogP contribution in [0.1, 0.15) is 75.7 Å². The van der Waals surface area contributed by atoms with Crippen molar-refractivity contribution in [2.24, 2.45) is 11.8 Å². The first kappa shape index (κ1) is 28.2. The molecule has 1 heterocycles. The number of rotatable bonds is 11. The molecule has 2 fully saturated rings. The molecule has 3 rings (SSSR count). The van der Waals surface area contributed by atoms with Crippen LogP contribution >= 0.6 is 0 Å². The second-order valence-electron chi connectivity index (χ2n) is 10.5. The monoisotopic (exact) mass is 504 g/mol. The topological polar surface area (TPSA) is 82.7 Å². The second-order valence-corrected chi connectivity index (χ2v) is 10.5. The molecule has 1 aromatic rings. The van der Waals surface area contributed by atoms with Crippen LogP contribution in [0.2, 0.25) is 0 Å². The zero-order valence-electron chi connectivity index (χ0n) is 22.1. The van der Waals surface area contributed by atoms with Crippen molar-refractivity contribution in [1.29, 1.82) is 0 Å². The molecule has 8 heteroatoms. The molecule has 0 radical (unpaired) electrons. The van der Waals surface area contributed by atoms with E-state index in [1.54, 1.807) is 12.1 Å². The molecule has 1 saturated carbocycles. The lowest BCUT2D eigenvalue weighted by molar-refractivity contribution is 0.148. The van der Waals surface area contributed by atoms with Crippen LogP contribution in [0.4, 0.5) is 14.0 Å². The Hall–Kier alpha value is -2.35. The summed E-state index contributed by atoms with van der Waals surface area (Å²) in [6.07, 6.45) is 10.5. The molecule has 0 unspecified atom stereocenters. The average Bonchev–Trinajstić information content (AvgIpc) is 2.89. The van der Waals surface area contributed by atoms with E-state index in [-0.39, 0.29) is 29.7 Å². The van der Waals surface area contributed by atoms with Gasteiger partial charge in [-0.15, -0.1) is 0 Å². The van der Waals surface area contributed by atoms with E-state index < -0.39 is 6.09 Å². The SMILES string of the molecule is CNC[C@H](CC1CCCCC1)NC(=O)N1CCC[C@@H]([C@@H](CCCNC(=O)OC)c2cccc(F)c2)C1. The Labute approximate surface area is 215 Å². The predicted molar refractivity (Wildman–Crippen MR) is 141 cm³/mol. The van der Waals surface area contributed by atoms with Gasteiger partial charge in [-0.3, -0.25) is 0 Å². The first-order valence-electron chi connectivity index (χ1n) is 13.8. The number of hydrogen-bond acceptors (Lipinski definition) is 4. The van der Waals surface area contributed by atoms with Gasteiger partial charge in [0.05, 0.1) is 7.11 Å². The number of carbonyl (C=O) groups excluding carboxylic acids is 2. The Bertz CT molecular complexity index is 818. The Balaban J connectivity index is 1.62. The van der Waals surface area contributed by atoms with E-state index in [0.717, 1.165) is 50.8 Å². The number of amides is 3. The molecule has 0 aromatic heterocycles. The van der Waals surface area contributed by atoms with Gasteiger partial charge in [-0.05, 0) is 74.6 Å². The third kappa shape index (κ3) is 8.95. The highest BCUT2D eigenvalue weighted by Gasteiger charge is 2.31. The quantitative estimate of drug-likeness (QED) is 0.369. The Morgan fingerprint density at radius 2 is 1.97 bits per heavy atom. The van der Waals surface area contributed by atoms with Gasteiger partial charge in [-0.1, -0.05) is 44.2 Å². The normalized spacial score (nSPS) is 20.4. The molecule has 1 aliphatic carbocycles. The maximum absolute atomic E-state index is 14.1. The molecule has 36 heavy (non-hydrogen) atoms. The molecule has 1 aromatic carbocycles. The number of halogens is 1. The summed E-state index contributed by atoms with van der Waals surface area (Å²) in [4.78, 5) is 26.7. The molecule has 0 spiro atoms. The number of benzene rings is 1. The maximum Gasteiger partial charge on any atom is 0.406 e. The highest BCUT2D eigenvalue weighted by molar-refractivity contribution is 5.74. The van der Waals surface area contributed by atoms with Crippen LogP contribution in [-0.2, 0) is 4.74 Å². The molecule has 2 aliphatic rings. The maximum atomic E-state index is 14.1. The van der Waals surface area contributed by atoms with E-state index in [0.29, 0.717) is 19.0 Å². The van der Waals surface area contributed by atoms with E-state index in [2.05, 4.69) is 20.7 Å². The number of likely N-dealkylation sites (tertiary alicyclic amines) is 1. The van der Waals surface area contributed by atoms with Gasteiger partial charge in [-0.2, -0.15) is 0 Å². The minimum absolute atomic E-state index is 0.0149. The van der Waals surface area contributed by atoms with Gasteiger partial charge >= 0.3 is 12.1 Å². The van der Waals surface area contributed by atoms with Crippen LogP contribution in [0.5, 0.6) is 0 Å². The highest BCUT2D eigenvalue weighted by Crippen LogP contribution is 2.35. The summed E-state index contributed by atoms with van der Waals surface area (Å²) in [5, 5.41) is 9.30. The largest absolute Gasteiger partial charge is 0.453 e. The second kappa shape index (κ2) is 15.0. The standard InChI is InChI=1S/C28H45FN4O3/c1-30-19-25(17-21-9-4-3-5-10-21)32-27(34)33-16-8-12-23(20-33)26(14-7-15-31-28(35)36-2)22-11-6-13-24(29)18-22/h6,11,13,18,21,23,25-26,30H,3-5,7-10,12,14-17,19-20H2,1-2H3,(H,31,35)(H,32,34)/t23-,25+,26+/m1/s1. The van der Waals surface area contributed by atoms with E-state index in [9.17, 15) is 14.0 Å². The minimum atomic E-state index is -0.442. The number of carbonyl (C=O) groups is 2. The van der Waals surface area contributed by atoms with Gasteiger partial charge in [-0.25, -0.2) is 14.0 Å². The Morgan fingerprint density at radius 3 is 2.69 bits per heavy atom. The lowest BCUT2D eigenvalue weighted by Gasteiger charge is -2.38. The molecule has 1 aliphatic heterocycles. The predicted octanol–water partition coefficient (Wildman–Crippen LogP) is 5.03. The number of alkyl carbamates (subject to hydrolysis) is 1.